The fraction of sp³-hybridized carbons (Fsp3) is 0.522. The van der Waals surface area contributed by atoms with Crippen molar-refractivity contribution in [1.82, 2.24) is 15.2 Å². The van der Waals surface area contributed by atoms with Gasteiger partial charge < -0.3 is 15.0 Å². The second-order valence-electron chi connectivity index (χ2n) is 9.00. The summed E-state index contributed by atoms with van der Waals surface area (Å²) in [5.74, 6) is 0.0949. The van der Waals surface area contributed by atoms with Crippen molar-refractivity contribution in [1.29, 1.82) is 0 Å². The van der Waals surface area contributed by atoms with Crippen LogP contribution in [0.1, 0.15) is 61.6 Å². The number of pyridine rings is 1. The third kappa shape index (κ3) is 4.21. The van der Waals surface area contributed by atoms with E-state index in [0.29, 0.717) is 13.1 Å². The first kappa shape index (κ1) is 19.7. The lowest BCUT2D eigenvalue weighted by atomic mass is 9.98. The third-order valence-electron chi connectivity index (χ3n) is 5.64. The lowest BCUT2D eigenvalue weighted by Crippen LogP contribution is -2.47. The molecule has 1 aromatic heterocycles. The summed E-state index contributed by atoms with van der Waals surface area (Å²) in [5, 5.41) is 3.89. The van der Waals surface area contributed by atoms with E-state index in [1.165, 1.54) is 0 Å². The number of rotatable bonds is 2. The van der Waals surface area contributed by atoms with Crippen molar-refractivity contribution in [3.63, 3.8) is 0 Å². The van der Waals surface area contributed by atoms with Crippen LogP contribution in [-0.4, -0.2) is 46.6 Å². The Balaban J connectivity index is 1.48. The molecule has 2 aliphatic rings. The molecule has 2 heterocycles. The molecule has 0 atom stereocenters. The number of likely N-dealkylation sites (tertiary alicyclic amines) is 1. The Morgan fingerprint density at radius 2 is 1.86 bits per heavy atom. The zero-order valence-corrected chi connectivity index (χ0v) is 17.5. The van der Waals surface area contributed by atoms with Gasteiger partial charge in [-0.2, -0.15) is 0 Å². The second kappa shape index (κ2) is 7.65. The SMILES string of the molecule is CC(C)(C)OC(=O)NC1CCN(C(=O)c2c3c(nc4ccccc24)CCC3)CC1. The number of benzene rings is 1. The van der Waals surface area contributed by atoms with E-state index in [2.05, 4.69) is 5.32 Å². The van der Waals surface area contributed by atoms with E-state index in [0.717, 1.165) is 59.8 Å². The average molecular weight is 396 g/mol. The van der Waals surface area contributed by atoms with E-state index in [1.54, 1.807) is 0 Å². The van der Waals surface area contributed by atoms with Gasteiger partial charge in [-0.05, 0) is 64.5 Å². The number of fused-ring (bicyclic) bond motifs is 2. The molecule has 1 saturated heterocycles. The van der Waals surface area contributed by atoms with Gasteiger partial charge in [0.2, 0.25) is 0 Å². The third-order valence-corrected chi connectivity index (χ3v) is 5.64. The quantitative estimate of drug-likeness (QED) is 0.838. The molecule has 0 bridgehead atoms. The van der Waals surface area contributed by atoms with Crippen molar-refractivity contribution in [2.24, 2.45) is 0 Å². The van der Waals surface area contributed by atoms with Crippen molar-refractivity contribution in [2.45, 2.75) is 64.5 Å². The highest BCUT2D eigenvalue weighted by molar-refractivity contribution is 6.07. The summed E-state index contributed by atoms with van der Waals surface area (Å²) >= 11 is 0. The first-order chi connectivity index (χ1) is 13.8. The highest BCUT2D eigenvalue weighted by atomic mass is 16.6. The summed E-state index contributed by atoms with van der Waals surface area (Å²) in [7, 11) is 0. The summed E-state index contributed by atoms with van der Waals surface area (Å²) < 4.78 is 5.35. The van der Waals surface area contributed by atoms with E-state index in [1.807, 2.05) is 49.9 Å². The van der Waals surface area contributed by atoms with Crippen LogP contribution < -0.4 is 5.32 Å². The molecular weight excluding hydrogens is 366 g/mol. The Hall–Kier alpha value is -2.63. The molecule has 0 unspecified atom stereocenters. The fourth-order valence-corrected chi connectivity index (χ4v) is 4.31. The second-order valence-corrected chi connectivity index (χ2v) is 9.00. The van der Waals surface area contributed by atoms with Gasteiger partial charge in [0.25, 0.3) is 5.91 Å². The minimum Gasteiger partial charge on any atom is -0.444 e. The standard InChI is InChI=1S/C23H29N3O3/c1-23(2,3)29-22(28)24-15-11-13-26(14-12-15)21(27)20-16-7-4-5-9-18(16)25-19-10-6-8-17(19)20/h4-5,7,9,15H,6,8,10-14H2,1-3H3,(H,24,28). The summed E-state index contributed by atoms with van der Waals surface area (Å²) in [4.78, 5) is 32.2. The number of aromatic nitrogens is 1. The van der Waals surface area contributed by atoms with Gasteiger partial charge in [0, 0.05) is 30.2 Å². The Bertz CT molecular complexity index is 940. The lowest BCUT2D eigenvalue weighted by molar-refractivity contribution is 0.0473. The summed E-state index contributed by atoms with van der Waals surface area (Å²) in [6, 6.07) is 7.97. The normalized spacial score (nSPS) is 17.3. The van der Waals surface area contributed by atoms with Crippen molar-refractivity contribution in [3.8, 4) is 0 Å². The summed E-state index contributed by atoms with van der Waals surface area (Å²) in [6.07, 6.45) is 4.00. The number of aryl methyl sites for hydroxylation is 1. The minimum atomic E-state index is -0.510. The van der Waals surface area contributed by atoms with Gasteiger partial charge in [-0.3, -0.25) is 9.78 Å². The molecule has 0 spiro atoms. The zero-order valence-electron chi connectivity index (χ0n) is 17.5. The number of carbonyl (C=O) groups excluding carboxylic acids is 2. The lowest BCUT2D eigenvalue weighted by Gasteiger charge is -2.33. The van der Waals surface area contributed by atoms with Crippen molar-refractivity contribution in [3.05, 3.63) is 41.1 Å². The zero-order chi connectivity index (χ0) is 20.6. The molecule has 4 rings (SSSR count). The van der Waals surface area contributed by atoms with Gasteiger partial charge in [0.15, 0.2) is 0 Å². The smallest absolute Gasteiger partial charge is 0.407 e. The van der Waals surface area contributed by atoms with Gasteiger partial charge in [-0.1, -0.05) is 18.2 Å². The molecule has 0 radical (unpaired) electrons. The van der Waals surface area contributed by atoms with Gasteiger partial charge in [-0.25, -0.2) is 4.79 Å². The number of para-hydroxylation sites is 1. The van der Waals surface area contributed by atoms with Crippen molar-refractivity contribution < 1.29 is 14.3 Å². The van der Waals surface area contributed by atoms with Crippen LogP contribution in [0.25, 0.3) is 10.9 Å². The average Bonchev–Trinajstić information content (AvgIpc) is 3.12. The number of hydrogen-bond acceptors (Lipinski definition) is 4. The highest BCUT2D eigenvalue weighted by Crippen LogP contribution is 2.31. The summed E-state index contributed by atoms with van der Waals surface area (Å²) in [6.45, 7) is 6.82. The van der Waals surface area contributed by atoms with Crippen LogP contribution in [0.15, 0.2) is 24.3 Å². The number of hydrogen-bond donors (Lipinski definition) is 1. The van der Waals surface area contributed by atoms with Gasteiger partial charge >= 0.3 is 6.09 Å². The number of amides is 2. The summed E-state index contributed by atoms with van der Waals surface area (Å²) in [5.41, 5.74) is 3.43. The van der Waals surface area contributed by atoms with Crippen LogP contribution in [0.4, 0.5) is 4.79 Å². The predicted molar refractivity (Wildman–Crippen MR) is 112 cm³/mol. The maximum atomic E-state index is 13.5. The first-order valence-corrected chi connectivity index (χ1v) is 10.5. The molecule has 154 valence electrons. The first-order valence-electron chi connectivity index (χ1n) is 10.5. The van der Waals surface area contributed by atoms with E-state index in [-0.39, 0.29) is 18.0 Å². The Morgan fingerprint density at radius 1 is 1.14 bits per heavy atom. The topological polar surface area (TPSA) is 71.5 Å². The van der Waals surface area contributed by atoms with Crippen LogP contribution in [-0.2, 0) is 17.6 Å². The van der Waals surface area contributed by atoms with E-state index < -0.39 is 5.60 Å². The van der Waals surface area contributed by atoms with Gasteiger partial charge in [0.1, 0.15) is 5.60 Å². The van der Waals surface area contributed by atoms with E-state index in [9.17, 15) is 9.59 Å². The molecule has 2 amide bonds. The predicted octanol–water partition coefficient (Wildman–Crippen LogP) is 3.85. The Labute approximate surface area is 171 Å². The molecule has 2 aromatic rings. The highest BCUT2D eigenvalue weighted by Gasteiger charge is 2.30. The van der Waals surface area contributed by atoms with Crippen LogP contribution in [0.5, 0.6) is 0 Å². The van der Waals surface area contributed by atoms with Crippen LogP contribution in [0.2, 0.25) is 0 Å². The largest absolute Gasteiger partial charge is 0.444 e. The monoisotopic (exact) mass is 395 g/mol. The van der Waals surface area contributed by atoms with Gasteiger partial charge in [0.05, 0.1) is 11.1 Å². The number of nitrogens with zero attached hydrogens (tertiary/aromatic N) is 2. The fourth-order valence-electron chi connectivity index (χ4n) is 4.31. The number of ether oxygens (including phenoxy) is 1. The molecule has 6 nitrogen and oxygen atoms in total. The Morgan fingerprint density at radius 3 is 2.59 bits per heavy atom. The molecule has 1 aliphatic carbocycles. The Kier molecular flexibility index (Phi) is 5.19. The van der Waals surface area contributed by atoms with Crippen LogP contribution >= 0.6 is 0 Å². The molecule has 1 N–H and O–H groups in total. The number of nitrogens with one attached hydrogen (secondary N) is 1. The van der Waals surface area contributed by atoms with E-state index >= 15 is 0 Å². The van der Waals surface area contributed by atoms with Crippen molar-refractivity contribution in [2.75, 3.05) is 13.1 Å². The number of alkyl carbamates (subject to hydrolysis) is 1. The molecular formula is C23H29N3O3. The molecule has 1 aliphatic heterocycles. The molecule has 1 aromatic carbocycles. The maximum absolute atomic E-state index is 13.5. The van der Waals surface area contributed by atoms with Crippen LogP contribution in [0, 0.1) is 0 Å². The van der Waals surface area contributed by atoms with E-state index in [4.69, 9.17) is 9.72 Å². The van der Waals surface area contributed by atoms with Gasteiger partial charge in [-0.15, -0.1) is 0 Å². The number of piperidine rings is 1. The number of carbonyl (C=O) groups is 2. The maximum Gasteiger partial charge on any atom is 0.407 e. The van der Waals surface area contributed by atoms with Crippen molar-refractivity contribution >= 4 is 22.9 Å². The van der Waals surface area contributed by atoms with Crippen LogP contribution in [0.3, 0.4) is 0 Å². The molecule has 0 saturated carbocycles. The molecule has 29 heavy (non-hydrogen) atoms. The molecule has 1 fully saturated rings. The minimum absolute atomic E-state index is 0.0359. The molecule has 6 heteroatoms.